The molecule has 0 aliphatic carbocycles. The lowest BCUT2D eigenvalue weighted by atomic mass is 9.12. The molecule has 25 heteroatoms. The molecule has 1 heterocycles. The number of aromatic nitrogens is 1. The highest BCUT2D eigenvalue weighted by atomic mass is 32.1. The van der Waals surface area contributed by atoms with E-state index in [1.54, 1.807) is 0 Å². The molecule has 0 radical (unpaired) electrons. The minimum absolute atomic E-state index is 0.255. The van der Waals surface area contributed by atoms with Gasteiger partial charge in [0.25, 0.3) is 0 Å². The van der Waals surface area contributed by atoms with E-state index in [2.05, 4.69) is 12.1 Å². The Morgan fingerprint density at radius 2 is 0.727 bits per heavy atom. The fourth-order valence-corrected chi connectivity index (χ4v) is 8.23. The molecule has 0 spiro atoms. The molecule has 3 nitrogen and oxygen atoms in total. The summed E-state index contributed by atoms with van der Waals surface area (Å²) in [6.07, 6.45) is -7.22. The van der Waals surface area contributed by atoms with Crippen molar-refractivity contribution in [2.45, 2.75) is 13.5 Å². The predicted molar refractivity (Wildman–Crippen MR) is 193 cm³/mol. The number of benzene rings is 6. The highest BCUT2D eigenvalue weighted by Crippen LogP contribution is 2.31. The van der Waals surface area contributed by atoms with Crippen molar-refractivity contribution >= 4 is 55.5 Å². The van der Waals surface area contributed by atoms with E-state index in [-0.39, 0.29) is 5.97 Å². The van der Waals surface area contributed by atoms with E-state index in [1.165, 1.54) is 11.3 Å². The van der Waals surface area contributed by atoms with Gasteiger partial charge in [-0.1, -0.05) is 53.8 Å². The van der Waals surface area contributed by atoms with Gasteiger partial charge < -0.3 is 4.74 Å². The summed E-state index contributed by atoms with van der Waals surface area (Å²) in [6, 6.07) is 18.2. The van der Waals surface area contributed by atoms with Crippen molar-refractivity contribution in [1.29, 1.82) is 0 Å². The second kappa shape index (κ2) is 18.3. The first-order valence-corrected chi connectivity index (χ1v) is 18.7. The molecule has 1 aromatic heterocycles. The van der Waals surface area contributed by atoms with Crippen LogP contribution in [-0.2, 0) is 11.3 Å². The van der Waals surface area contributed by atoms with Crippen LogP contribution >= 0.6 is 11.3 Å². The largest absolute Gasteiger partial charge is 0.457 e. The summed E-state index contributed by atoms with van der Waals surface area (Å²) in [5, 5.41) is 0.641. The molecule has 7 rings (SSSR count). The lowest BCUT2D eigenvalue weighted by Gasteiger charge is -2.44. The average molecular weight is 977 g/mol. The number of halogens is 20. The number of thiazole rings is 1. The van der Waals surface area contributed by atoms with Gasteiger partial charge in [-0.15, -0.1) is 21.9 Å². The Hall–Kier alpha value is -6.66. The van der Waals surface area contributed by atoms with Crippen LogP contribution in [0.2, 0.25) is 0 Å². The Balaban J connectivity index is 0.000000284. The van der Waals surface area contributed by atoms with Crippen molar-refractivity contribution in [3.8, 4) is 0 Å². The van der Waals surface area contributed by atoms with Crippen molar-refractivity contribution in [2.24, 2.45) is 0 Å². The van der Waals surface area contributed by atoms with Gasteiger partial charge in [0.1, 0.15) is 57.4 Å². The van der Waals surface area contributed by atoms with E-state index in [1.807, 2.05) is 54.0 Å². The van der Waals surface area contributed by atoms with Crippen molar-refractivity contribution in [3.63, 3.8) is 0 Å². The summed E-state index contributed by atoms with van der Waals surface area (Å²) < 4.78 is 302. The van der Waals surface area contributed by atoms with Crippen LogP contribution in [0.3, 0.4) is 0 Å². The summed E-state index contributed by atoms with van der Waals surface area (Å²) >= 11 is 1.48. The number of hydrogen-bond donors (Lipinski definition) is 0. The molecule has 0 saturated carbocycles. The number of carbonyl (C=O) groups is 1. The zero-order valence-electron chi connectivity index (χ0n) is 31.9. The molecule has 66 heavy (non-hydrogen) atoms. The fraction of sp³-hybridized carbons (Fsp3) is 0.0732. The molecule has 0 saturated heterocycles. The van der Waals surface area contributed by atoms with Crippen LogP contribution in [0.4, 0.5) is 87.8 Å². The zero-order valence-corrected chi connectivity index (χ0v) is 32.7. The van der Waals surface area contributed by atoms with Crippen LogP contribution in [0.15, 0.2) is 54.6 Å². The molecule has 0 unspecified atom stereocenters. The molecular formula is C41H16BF20NO2S. The standard InChI is InChI=1S/C24BF20.C17H16NO2S/c26-5-1(6(27)14(35)21(42)13(5)34)25(2-7(28)15(36)22(43)16(37)8(2)29,3-9(30)17(38)23(44)18(39)10(3)31)4-11(32)19(40)24(45)20(41)12(4)33;1-2-20-17(19)16-18(12-13-8-4-3-5-9-13)14-10-6-7-11-15(14)21-16/h;3-11H,2,12H2,1H3/q-1;+1. The lowest BCUT2D eigenvalue weighted by Crippen LogP contribution is -2.81. The first-order valence-electron chi connectivity index (χ1n) is 17.9. The molecular weight excluding hydrogens is 961 g/mol. The number of ether oxygens (including phenoxy) is 1. The van der Waals surface area contributed by atoms with Crippen molar-refractivity contribution in [2.75, 3.05) is 6.61 Å². The lowest BCUT2D eigenvalue weighted by molar-refractivity contribution is -0.660. The van der Waals surface area contributed by atoms with Crippen molar-refractivity contribution in [3.05, 3.63) is 182 Å². The SMILES string of the molecule is CCOC(=O)c1sc2ccccc2[n+]1Cc1ccccc1.Fc1c(F)c(F)c([B-](c2c(F)c(F)c(F)c(F)c2F)(c2c(F)c(F)c(F)c(F)c2F)c2c(F)c(F)c(F)c(F)c2F)c(F)c1F. The molecule has 6 aromatic carbocycles. The Labute approximate surface area is 358 Å². The van der Waals surface area contributed by atoms with Crippen LogP contribution in [0.5, 0.6) is 0 Å². The molecule has 0 aliphatic rings. The van der Waals surface area contributed by atoms with Gasteiger partial charge in [0.2, 0.25) is 5.52 Å². The van der Waals surface area contributed by atoms with E-state index in [9.17, 15) is 57.5 Å². The maximum absolute atomic E-state index is 15.4. The molecule has 346 valence electrons. The summed E-state index contributed by atoms with van der Waals surface area (Å²) in [4.78, 5) is 12.2. The molecule has 7 aromatic rings. The highest BCUT2D eigenvalue weighted by molar-refractivity contribution is 7.20. The average Bonchev–Trinajstić information content (AvgIpc) is 3.67. The third-order valence-corrected chi connectivity index (χ3v) is 11.1. The van der Waals surface area contributed by atoms with Gasteiger partial charge in [-0.3, -0.25) is 0 Å². The summed E-state index contributed by atoms with van der Waals surface area (Å²) in [6.45, 7) is 2.88. The van der Waals surface area contributed by atoms with Gasteiger partial charge in [-0.2, -0.15) is 4.57 Å². The van der Waals surface area contributed by atoms with Gasteiger partial charge in [-0.05, 0) is 13.0 Å². The van der Waals surface area contributed by atoms with Crippen LogP contribution in [-0.4, -0.2) is 18.7 Å². The van der Waals surface area contributed by atoms with E-state index in [4.69, 9.17) is 4.74 Å². The minimum atomic E-state index is -7.22. The predicted octanol–water partition coefficient (Wildman–Crippen LogP) is 9.26. The van der Waals surface area contributed by atoms with Crippen LogP contribution in [0.25, 0.3) is 10.2 Å². The number of fused-ring (bicyclic) bond motifs is 1. The van der Waals surface area contributed by atoms with E-state index >= 15 is 35.1 Å². The monoisotopic (exact) mass is 977 g/mol. The number of rotatable bonds is 8. The number of hydrogen-bond acceptors (Lipinski definition) is 3. The van der Waals surface area contributed by atoms with E-state index in [0.29, 0.717) is 18.2 Å². The fourth-order valence-electron chi connectivity index (χ4n) is 7.18. The Morgan fingerprint density at radius 1 is 0.439 bits per heavy atom. The molecule has 0 bridgehead atoms. The van der Waals surface area contributed by atoms with Crippen LogP contribution < -0.4 is 26.4 Å². The Kier molecular flexibility index (Phi) is 13.5. The molecule has 0 fully saturated rings. The van der Waals surface area contributed by atoms with Gasteiger partial charge in [-0.25, -0.2) is 92.6 Å². The quantitative estimate of drug-likeness (QED) is 0.0380. The first-order chi connectivity index (χ1) is 31.0. The molecule has 0 amide bonds. The third-order valence-electron chi connectivity index (χ3n) is 9.95. The Morgan fingerprint density at radius 3 is 1.05 bits per heavy atom. The van der Waals surface area contributed by atoms with Crippen molar-refractivity contribution < 1.29 is 102 Å². The van der Waals surface area contributed by atoms with Crippen LogP contribution in [0, 0.1) is 116 Å². The second-order valence-electron chi connectivity index (χ2n) is 13.5. The Bertz CT molecular complexity index is 2730. The topological polar surface area (TPSA) is 30.2 Å². The molecule has 0 N–H and O–H groups in total. The first kappa shape index (κ1) is 48.8. The maximum Gasteiger partial charge on any atom is 0.415 e. The number of nitrogens with zero attached hydrogens (tertiary/aromatic N) is 1. The number of esters is 1. The smallest absolute Gasteiger partial charge is 0.415 e. The molecule has 0 aliphatic heterocycles. The van der Waals surface area contributed by atoms with Crippen LogP contribution in [0.1, 0.15) is 22.3 Å². The van der Waals surface area contributed by atoms with Crippen molar-refractivity contribution in [1.82, 2.24) is 0 Å². The van der Waals surface area contributed by atoms with Gasteiger partial charge >= 0.3 is 11.0 Å². The molecule has 0 atom stereocenters. The number of carbonyl (C=O) groups excluding carboxylic acids is 1. The normalized spacial score (nSPS) is 11.6. The van der Waals surface area contributed by atoms with Gasteiger partial charge in [0.15, 0.2) is 76.4 Å². The van der Waals surface area contributed by atoms with E-state index in [0.717, 1.165) is 15.8 Å². The zero-order chi connectivity index (χ0) is 49.0. The second-order valence-corrected chi connectivity index (χ2v) is 14.5. The minimum Gasteiger partial charge on any atom is -0.457 e. The third kappa shape index (κ3) is 7.54. The highest BCUT2D eigenvalue weighted by Gasteiger charge is 2.52. The summed E-state index contributed by atoms with van der Waals surface area (Å²) in [7, 11) is 0. The van der Waals surface area contributed by atoms with Gasteiger partial charge in [0, 0.05) is 11.6 Å². The number of para-hydroxylation sites is 1. The maximum atomic E-state index is 15.4. The van der Waals surface area contributed by atoms with Gasteiger partial charge in [0.05, 0.1) is 6.61 Å². The summed E-state index contributed by atoms with van der Waals surface area (Å²) in [5.74, 6) is -71.7. The summed E-state index contributed by atoms with van der Waals surface area (Å²) in [5.41, 5.74) is -12.1. The van der Waals surface area contributed by atoms with E-state index < -0.39 is 144 Å².